The number of carbonyl (C=O) groups is 1. The highest BCUT2D eigenvalue weighted by molar-refractivity contribution is 9.10. The van der Waals surface area contributed by atoms with Crippen LogP contribution in [-0.2, 0) is 4.79 Å². The zero-order valence-corrected chi connectivity index (χ0v) is 12.6. The Kier molecular flexibility index (Phi) is 4.96. The molecule has 4 nitrogen and oxygen atoms in total. The van der Waals surface area contributed by atoms with Crippen molar-refractivity contribution in [2.75, 3.05) is 24.6 Å². The molecule has 0 aromatic heterocycles. The van der Waals surface area contributed by atoms with Crippen LogP contribution in [0.5, 0.6) is 0 Å². The zero-order chi connectivity index (χ0) is 13.8. The van der Waals surface area contributed by atoms with Gasteiger partial charge in [-0.1, -0.05) is 28.9 Å². The Balaban J connectivity index is 2.27. The van der Waals surface area contributed by atoms with E-state index in [4.69, 9.17) is 5.11 Å². The summed E-state index contributed by atoms with van der Waals surface area (Å²) in [4.78, 5) is 14.3. The van der Waals surface area contributed by atoms with Crippen LogP contribution in [0.25, 0.3) is 0 Å². The number of hydrogen-bond donors (Lipinski definition) is 2. The fourth-order valence-electron chi connectivity index (χ4n) is 2.32. The normalized spacial score (nSPS) is 24.4. The fraction of sp³-hybridized carbons (Fsp3) is 0.500. The van der Waals surface area contributed by atoms with Crippen molar-refractivity contribution in [3.8, 4) is 0 Å². The Morgan fingerprint density at radius 2 is 2.32 bits per heavy atom. The number of rotatable bonds is 3. The number of hydrogen-bond acceptors (Lipinski definition) is 3. The van der Waals surface area contributed by atoms with E-state index < -0.39 is 0 Å². The maximum absolute atomic E-state index is 12.5. The molecule has 2 N–H and O–H groups in total. The molecule has 0 spiro atoms. The lowest BCUT2D eigenvalue weighted by atomic mass is 10.1. The fourth-order valence-corrected chi connectivity index (χ4v) is 2.70. The van der Waals surface area contributed by atoms with Gasteiger partial charge >= 0.3 is 0 Å². The highest BCUT2D eigenvalue weighted by Crippen LogP contribution is 2.23. The summed E-state index contributed by atoms with van der Waals surface area (Å²) in [5.41, 5.74) is 0.901. The summed E-state index contributed by atoms with van der Waals surface area (Å²) in [5, 5.41) is 12.3. The quantitative estimate of drug-likeness (QED) is 0.890. The Morgan fingerprint density at radius 3 is 3.00 bits per heavy atom. The first-order valence-electron chi connectivity index (χ1n) is 6.53. The molecule has 1 heterocycles. The van der Waals surface area contributed by atoms with Gasteiger partial charge in [-0.15, -0.1) is 0 Å². The molecule has 1 aromatic carbocycles. The lowest BCUT2D eigenvalue weighted by molar-refractivity contribution is -0.120. The van der Waals surface area contributed by atoms with Gasteiger partial charge in [0.05, 0.1) is 6.04 Å². The van der Waals surface area contributed by atoms with E-state index in [1.165, 1.54) is 0 Å². The van der Waals surface area contributed by atoms with Crippen LogP contribution < -0.4 is 10.2 Å². The van der Waals surface area contributed by atoms with Gasteiger partial charge in [0.1, 0.15) is 0 Å². The summed E-state index contributed by atoms with van der Waals surface area (Å²) < 4.78 is 0.960. The predicted octanol–water partition coefficient (Wildman–Crippen LogP) is 1.77. The second-order valence-corrected chi connectivity index (χ2v) is 5.92. The number of halogens is 1. The lowest BCUT2D eigenvalue weighted by Gasteiger charge is -2.25. The SMILES string of the molecule is CC1CNC(CCO)C(=O)N(c2cccc(Br)c2)C1. The van der Waals surface area contributed by atoms with E-state index in [-0.39, 0.29) is 18.6 Å². The van der Waals surface area contributed by atoms with Gasteiger partial charge in [0.15, 0.2) is 0 Å². The van der Waals surface area contributed by atoms with Crippen molar-refractivity contribution in [1.29, 1.82) is 0 Å². The van der Waals surface area contributed by atoms with E-state index >= 15 is 0 Å². The highest BCUT2D eigenvalue weighted by atomic mass is 79.9. The number of carbonyl (C=O) groups excluding carboxylic acids is 1. The summed E-state index contributed by atoms with van der Waals surface area (Å²) in [6.07, 6.45) is 0.454. The maximum atomic E-state index is 12.5. The number of amides is 1. The van der Waals surface area contributed by atoms with Crippen molar-refractivity contribution in [3.05, 3.63) is 28.7 Å². The first kappa shape index (κ1) is 14.5. The molecule has 1 aromatic rings. The average Bonchev–Trinajstić information content (AvgIpc) is 2.52. The molecule has 1 aliphatic heterocycles. The summed E-state index contributed by atoms with van der Waals surface area (Å²) in [6.45, 7) is 3.63. The van der Waals surface area contributed by atoms with Crippen LogP contribution in [0.2, 0.25) is 0 Å². The van der Waals surface area contributed by atoms with Gasteiger partial charge in [-0.3, -0.25) is 4.79 Å². The molecule has 0 bridgehead atoms. The van der Waals surface area contributed by atoms with Crippen molar-refractivity contribution < 1.29 is 9.90 Å². The number of nitrogens with one attached hydrogen (secondary N) is 1. The van der Waals surface area contributed by atoms with Gasteiger partial charge in [0.25, 0.3) is 0 Å². The molecule has 2 rings (SSSR count). The van der Waals surface area contributed by atoms with E-state index in [0.29, 0.717) is 18.9 Å². The second-order valence-electron chi connectivity index (χ2n) is 5.01. The summed E-state index contributed by atoms with van der Waals surface area (Å²) in [5.74, 6) is 0.420. The van der Waals surface area contributed by atoms with E-state index in [2.05, 4.69) is 28.2 Å². The molecular formula is C14H19BrN2O2. The average molecular weight is 327 g/mol. The predicted molar refractivity (Wildman–Crippen MR) is 79.2 cm³/mol. The van der Waals surface area contributed by atoms with E-state index in [1.807, 2.05) is 29.2 Å². The molecule has 1 saturated heterocycles. The van der Waals surface area contributed by atoms with Crippen LogP contribution in [0.1, 0.15) is 13.3 Å². The first-order valence-corrected chi connectivity index (χ1v) is 7.32. The Bertz CT molecular complexity index is 453. The number of anilines is 1. The van der Waals surface area contributed by atoms with Crippen molar-refractivity contribution in [2.45, 2.75) is 19.4 Å². The minimum atomic E-state index is -0.297. The molecule has 1 aliphatic rings. The van der Waals surface area contributed by atoms with Crippen LogP contribution in [0.3, 0.4) is 0 Å². The van der Waals surface area contributed by atoms with Gasteiger partial charge in [-0.2, -0.15) is 0 Å². The summed E-state index contributed by atoms with van der Waals surface area (Å²) in [7, 11) is 0. The highest BCUT2D eigenvalue weighted by Gasteiger charge is 2.29. The van der Waals surface area contributed by atoms with E-state index in [0.717, 1.165) is 16.7 Å². The number of aliphatic hydroxyl groups is 1. The van der Waals surface area contributed by atoms with Gasteiger partial charge in [-0.25, -0.2) is 0 Å². The van der Waals surface area contributed by atoms with Gasteiger partial charge in [-0.05, 0) is 30.5 Å². The molecule has 104 valence electrons. The standard InChI is InChI=1S/C14H19BrN2O2/c1-10-8-16-13(5-6-18)14(19)17(9-10)12-4-2-3-11(15)7-12/h2-4,7,10,13,16,18H,5-6,8-9H2,1H3. The molecule has 2 unspecified atom stereocenters. The van der Waals surface area contributed by atoms with Crippen LogP contribution >= 0.6 is 15.9 Å². The largest absolute Gasteiger partial charge is 0.396 e. The molecule has 19 heavy (non-hydrogen) atoms. The zero-order valence-electron chi connectivity index (χ0n) is 11.0. The van der Waals surface area contributed by atoms with Crippen LogP contribution in [0.4, 0.5) is 5.69 Å². The van der Waals surface area contributed by atoms with E-state index in [1.54, 1.807) is 0 Å². The molecule has 0 aliphatic carbocycles. The Labute approximate surface area is 121 Å². The van der Waals surface area contributed by atoms with Crippen LogP contribution in [0.15, 0.2) is 28.7 Å². The van der Waals surface area contributed by atoms with Gasteiger partial charge < -0.3 is 15.3 Å². The Hall–Kier alpha value is -0.910. The Morgan fingerprint density at radius 1 is 1.53 bits per heavy atom. The molecule has 1 fully saturated rings. The van der Waals surface area contributed by atoms with Gasteiger partial charge in [0.2, 0.25) is 5.91 Å². The minimum absolute atomic E-state index is 0.0180. The maximum Gasteiger partial charge on any atom is 0.244 e. The topological polar surface area (TPSA) is 52.6 Å². The number of benzene rings is 1. The van der Waals surface area contributed by atoms with Crippen LogP contribution in [-0.4, -0.2) is 36.8 Å². The number of nitrogens with zero attached hydrogens (tertiary/aromatic N) is 1. The molecular weight excluding hydrogens is 308 g/mol. The first-order chi connectivity index (χ1) is 9.11. The van der Waals surface area contributed by atoms with Gasteiger partial charge in [0, 0.05) is 29.9 Å². The minimum Gasteiger partial charge on any atom is -0.396 e. The summed E-state index contributed by atoms with van der Waals surface area (Å²) >= 11 is 3.44. The number of aliphatic hydroxyl groups excluding tert-OH is 1. The third-order valence-electron chi connectivity index (χ3n) is 3.31. The smallest absolute Gasteiger partial charge is 0.244 e. The summed E-state index contributed by atoms with van der Waals surface area (Å²) in [6, 6.07) is 7.46. The molecule has 2 atom stereocenters. The van der Waals surface area contributed by atoms with Crippen molar-refractivity contribution in [2.24, 2.45) is 5.92 Å². The monoisotopic (exact) mass is 326 g/mol. The third kappa shape index (κ3) is 3.55. The van der Waals surface area contributed by atoms with E-state index in [9.17, 15) is 4.79 Å². The van der Waals surface area contributed by atoms with Crippen molar-refractivity contribution >= 4 is 27.5 Å². The van der Waals surface area contributed by atoms with Crippen LogP contribution in [0, 0.1) is 5.92 Å². The molecule has 0 saturated carbocycles. The van der Waals surface area contributed by atoms with Crippen molar-refractivity contribution in [3.63, 3.8) is 0 Å². The molecule has 5 heteroatoms. The molecule has 1 amide bonds. The third-order valence-corrected chi connectivity index (χ3v) is 3.80. The lowest BCUT2D eigenvalue weighted by Crippen LogP contribution is -2.44. The van der Waals surface area contributed by atoms with Crippen molar-refractivity contribution in [1.82, 2.24) is 5.32 Å². The second kappa shape index (κ2) is 6.50. The molecule has 0 radical (unpaired) electrons.